The predicted octanol–water partition coefficient (Wildman–Crippen LogP) is 3.18. The summed E-state index contributed by atoms with van der Waals surface area (Å²) in [5.41, 5.74) is 0.225. The highest BCUT2D eigenvalue weighted by Gasteiger charge is 2.39. The fourth-order valence-electron chi connectivity index (χ4n) is 0.707. The van der Waals surface area contributed by atoms with Crippen LogP contribution in [0.4, 0.5) is 0 Å². The van der Waals surface area contributed by atoms with Gasteiger partial charge < -0.3 is 5.09 Å². The molecule has 0 aliphatic carbocycles. The average Bonchev–Trinajstić information content (AvgIpc) is 1.97. The summed E-state index contributed by atoms with van der Waals surface area (Å²) in [6.07, 6.45) is 0. The molecule has 1 unspecified atom stereocenters. The summed E-state index contributed by atoms with van der Waals surface area (Å²) in [4.78, 5) is 11.9. The smallest absolute Gasteiger partial charge is 0.229 e. The highest BCUT2D eigenvalue weighted by molar-refractivity contribution is 7.37. The van der Waals surface area contributed by atoms with Gasteiger partial charge in [0.05, 0.1) is 0 Å². The standard InChI is InChI=1S/C11H24NOP/c1-8(2)14-12-9(13)11(6,7)10(3,4)5/h8,14H,1-7H3,(H,12,13). The van der Waals surface area contributed by atoms with Crippen LogP contribution in [0.15, 0.2) is 0 Å². The second-order valence-corrected chi connectivity index (χ2v) is 7.32. The van der Waals surface area contributed by atoms with E-state index in [1.807, 2.05) is 13.8 Å². The van der Waals surface area contributed by atoms with E-state index in [9.17, 15) is 4.79 Å². The zero-order valence-corrected chi connectivity index (χ0v) is 11.5. The Morgan fingerprint density at radius 3 is 1.86 bits per heavy atom. The minimum absolute atomic E-state index is 0.00145. The molecule has 0 bridgehead atoms. The van der Waals surface area contributed by atoms with Crippen molar-refractivity contribution < 1.29 is 4.79 Å². The third kappa shape index (κ3) is 3.57. The van der Waals surface area contributed by atoms with Gasteiger partial charge in [-0.2, -0.15) is 0 Å². The van der Waals surface area contributed by atoms with E-state index >= 15 is 0 Å². The van der Waals surface area contributed by atoms with Crippen molar-refractivity contribution in [3.63, 3.8) is 0 Å². The van der Waals surface area contributed by atoms with E-state index < -0.39 is 0 Å². The van der Waals surface area contributed by atoms with E-state index in [1.165, 1.54) is 0 Å². The quantitative estimate of drug-likeness (QED) is 0.723. The van der Waals surface area contributed by atoms with E-state index in [0.717, 1.165) is 0 Å². The van der Waals surface area contributed by atoms with Gasteiger partial charge in [0.1, 0.15) is 0 Å². The van der Waals surface area contributed by atoms with Gasteiger partial charge in [0.15, 0.2) is 0 Å². The summed E-state index contributed by atoms with van der Waals surface area (Å²) >= 11 is 0. The lowest BCUT2D eigenvalue weighted by atomic mass is 9.69. The third-order valence-electron chi connectivity index (χ3n) is 2.92. The van der Waals surface area contributed by atoms with Crippen molar-refractivity contribution in [1.82, 2.24) is 5.09 Å². The number of amides is 1. The molecule has 0 rings (SSSR count). The van der Waals surface area contributed by atoms with Gasteiger partial charge in [-0.25, -0.2) is 0 Å². The Morgan fingerprint density at radius 2 is 1.57 bits per heavy atom. The Balaban J connectivity index is 4.38. The maximum Gasteiger partial charge on any atom is 0.229 e. The predicted molar refractivity (Wildman–Crippen MR) is 64.8 cm³/mol. The Hall–Kier alpha value is -0.100. The van der Waals surface area contributed by atoms with E-state index in [1.54, 1.807) is 0 Å². The van der Waals surface area contributed by atoms with Crippen molar-refractivity contribution in [3.05, 3.63) is 0 Å². The lowest BCUT2D eigenvalue weighted by Crippen LogP contribution is -2.42. The molecule has 0 fully saturated rings. The molecule has 0 spiro atoms. The van der Waals surface area contributed by atoms with Gasteiger partial charge in [0, 0.05) is 5.41 Å². The van der Waals surface area contributed by atoms with Crippen LogP contribution in [0.1, 0.15) is 48.5 Å². The summed E-state index contributed by atoms with van der Waals surface area (Å²) in [5, 5.41) is 3.02. The molecule has 3 heteroatoms. The molecule has 1 amide bonds. The van der Waals surface area contributed by atoms with Gasteiger partial charge in [-0.3, -0.25) is 4.79 Å². The summed E-state index contributed by atoms with van der Waals surface area (Å²) in [6, 6.07) is 0. The average molecular weight is 217 g/mol. The van der Waals surface area contributed by atoms with Crippen LogP contribution in [-0.2, 0) is 4.79 Å². The fraction of sp³-hybridized carbons (Fsp3) is 0.909. The second kappa shape index (κ2) is 4.61. The Labute approximate surface area is 90.1 Å². The first-order valence-corrected chi connectivity index (χ1v) is 6.22. The summed E-state index contributed by atoms with van der Waals surface area (Å²) < 4.78 is 0. The van der Waals surface area contributed by atoms with Crippen LogP contribution in [-0.4, -0.2) is 11.6 Å². The maximum atomic E-state index is 11.9. The molecule has 1 N–H and O–H groups in total. The number of rotatable bonds is 3. The molecular formula is C11H24NOP. The normalized spacial score (nSPS) is 14.0. The van der Waals surface area contributed by atoms with Crippen molar-refractivity contribution >= 4 is 14.6 Å². The molecule has 0 saturated heterocycles. The lowest BCUT2D eigenvalue weighted by molar-refractivity contribution is -0.132. The summed E-state index contributed by atoms with van der Waals surface area (Å²) in [6.45, 7) is 14.5. The molecule has 0 radical (unpaired) electrons. The number of hydrogen-bond donors (Lipinski definition) is 1. The van der Waals surface area contributed by atoms with Gasteiger partial charge in [0.2, 0.25) is 5.91 Å². The monoisotopic (exact) mass is 217 g/mol. The van der Waals surface area contributed by atoms with Gasteiger partial charge in [-0.1, -0.05) is 48.5 Å². The molecule has 0 saturated carbocycles. The maximum absolute atomic E-state index is 11.9. The summed E-state index contributed by atoms with van der Waals surface area (Å²) in [7, 11) is 0.522. The van der Waals surface area contributed by atoms with Gasteiger partial charge >= 0.3 is 0 Å². The number of carbonyl (C=O) groups is 1. The molecule has 84 valence electrons. The molecule has 2 nitrogen and oxygen atoms in total. The first-order valence-electron chi connectivity index (χ1n) is 5.15. The molecule has 1 atom stereocenters. The van der Waals surface area contributed by atoms with Gasteiger partial charge in [-0.15, -0.1) is 0 Å². The van der Waals surface area contributed by atoms with E-state index in [0.29, 0.717) is 14.4 Å². The van der Waals surface area contributed by atoms with Crippen LogP contribution < -0.4 is 5.09 Å². The van der Waals surface area contributed by atoms with Crippen LogP contribution in [0, 0.1) is 10.8 Å². The Bertz CT molecular complexity index is 204. The number of nitrogens with one attached hydrogen (secondary N) is 1. The van der Waals surface area contributed by atoms with Crippen LogP contribution in [0.2, 0.25) is 0 Å². The number of carbonyl (C=O) groups excluding carboxylic acids is 1. The number of hydrogen-bond acceptors (Lipinski definition) is 1. The zero-order chi connectivity index (χ0) is 11.6. The van der Waals surface area contributed by atoms with Crippen LogP contribution >= 0.6 is 8.73 Å². The van der Waals surface area contributed by atoms with E-state index in [2.05, 4.69) is 39.7 Å². The van der Waals surface area contributed by atoms with E-state index in [-0.39, 0.29) is 16.7 Å². The van der Waals surface area contributed by atoms with Crippen LogP contribution in [0.5, 0.6) is 0 Å². The molecule has 0 aliphatic heterocycles. The minimum Gasteiger partial charge on any atom is -0.337 e. The lowest BCUT2D eigenvalue weighted by Gasteiger charge is -2.37. The molecule has 0 heterocycles. The van der Waals surface area contributed by atoms with Gasteiger partial charge in [-0.05, 0) is 19.8 Å². The molecule has 0 aliphatic rings. The van der Waals surface area contributed by atoms with Crippen molar-refractivity contribution in [2.75, 3.05) is 0 Å². The fourth-order valence-corrected chi connectivity index (χ4v) is 1.44. The van der Waals surface area contributed by atoms with Crippen LogP contribution in [0.25, 0.3) is 0 Å². The molecule has 0 aromatic heterocycles. The largest absolute Gasteiger partial charge is 0.337 e. The second-order valence-electron chi connectivity index (χ2n) is 5.63. The minimum atomic E-state index is -0.311. The summed E-state index contributed by atoms with van der Waals surface area (Å²) in [5.74, 6) is 0.164. The Morgan fingerprint density at radius 1 is 1.14 bits per heavy atom. The SMILES string of the molecule is CC(C)PNC(=O)C(C)(C)C(C)(C)C. The zero-order valence-electron chi connectivity index (χ0n) is 10.5. The van der Waals surface area contributed by atoms with Gasteiger partial charge in [0.25, 0.3) is 0 Å². The molecule has 0 aromatic rings. The van der Waals surface area contributed by atoms with Crippen molar-refractivity contribution in [1.29, 1.82) is 0 Å². The molecular weight excluding hydrogens is 193 g/mol. The topological polar surface area (TPSA) is 29.1 Å². The molecule has 0 aromatic carbocycles. The first-order chi connectivity index (χ1) is 6.09. The van der Waals surface area contributed by atoms with Crippen molar-refractivity contribution in [2.24, 2.45) is 10.8 Å². The molecule has 14 heavy (non-hydrogen) atoms. The van der Waals surface area contributed by atoms with E-state index in [4.69, 9.17) is 0 Å². The van der Waals surface area contributed by atoms with Crippen LogP contribution in [0.3, 0.4) is 0 Å². The third-order valence-corrected chi connectivity index (χ3v) is 3.87. The highest BCUT2D eigenvalue weighted by atomic mass is 31.1. The van der Waals surface area contributed by atoms with Crippen molar-refractivity contribution in [3.8, 4) is 0 Å². The Kier molecular flexibility index (Phi) is 4.58. The highest BCUT2D eigenvalue weighted by Crippen LogP contribution is 2.38. The van der Waals surface area contributed by atoms with Crippen molar-refractivity contribution in [2.45, 2.75) is 54.1 Å². The first kappa shape index (κ1) is 13.9.